The zero-order valence-corrected chi connectivity index (χ0v) is 26.4. The number of carbonyl (C=O) groups is 1. The molecule has 1 saturated heterocycles. The maximum absolute atomic E-state index is 14.2. The highest BCUT2D eigenvalue weighted by Gasteiger charge is 2.39. The van der Waals surface area contributed by atoms with Crippen molar-refractivity contribution in [1.82, 2.24) is 19.9 Å². The van der Waals surface area contributed by atoms with Crippen LogP contribution in [0.5, 0.6) is 5.75 Å². The van der Waals surface area contributed by atoms with Gasteiger partial charge < -0.3 is 14.6 Å². The highest BCUT2D eigenvalue weighted by Crippen LogP contribution is 2.40. The van der Waals surface area contributed by atoms with E-state index in [4.69, 9.17) is 9.52 Å². The number of aromatic nitrogens is 3. The van der Waals surface area contributed by atoms with Crippen molar-refractivity contribution >= 4 is 37.5 Å². The molecule has 2 aromatic carbocycles. The topological polar surface area (TPSA) is 71.8 Å². The maximum Gasteiger partial charge on any atom is 0.271 e. The summed E-state index contributed by atoms with van der Waals surface area (Å²) in [5.74, 6) is 1.07. The number of benzene rings is 2. The monoisotopic (exact) mass is 591 g/mol. The number of amides is 1. The Kier molecular flexibility index (Phi) is 8.16. The Bertz CT molecular complexity index is 1570. The zero-order chi connectivity index (χ0) is 29.4. The number of anilines is 1. The number of carbonyl (C=O) groups excluding carboxylic acids is 1. The molecule has 4 aromatic rings. The van der Waals surface area contributed by atoms with Gasteiger partial charge in [0.1, 0.15) is 17.4 Å². The van der Waals surface area contributed by atoms with Gasteiger partial charge in [-0.05, 0) is 90.8 Å². The molecule has 0 radical (unpaired) electrons. The van der Waals surface area contributed by atoms with E-state index in [1.807, 2.05) is 48.7 Å². The van der Waals surface area contributed by atoms with Crippen LogP contribution in [0, 0.1) is 5.82 Å². The molecule has 0 saturated carbocycles. The minimum Gasteiger partial charge on any atom is -0.543 e. The normalized spacial score (nSPS) is 15.9. The number of thioether (sulfide) groups is 1. The second-order valence-corrected chi connectivity index (χ2v) is 17.6. The molecule has 10 heteroatoms. The minimum atomic E-state index is -1.97. The van der Waals surface area contributed by atoms with Gasteiger partial charge in [0.25, 0.3) is 5.91 Å². The number of nitrogens with one attached hydrogen (secondary N) is 1. The summed E-state index contributed by atoms with van der Waals surface area (Å²) in [4.78, 5) is 21.0. The van der Waals surface area contributed by atoms with E-state index >= 15 is 0 Å². The molecule has 2 aromatic heterocycles. The van der Waals surface area contributed by atoms with Crippen LogP contribution in [0.15, 0.2) is 65.7 Å². The Hall–Kier alpha value is -3.37. The summed E-state index contributed by atoms with van der Waals surface area (Å²) in [6.07, 6.45) is 5.45. The fourth-order valence-corrected chi connectivity index (χ4v) is 6.60. The van der Waals surface area contributed by atoms with E-state index in [1.165, 1.54) is 6.07 Å². The highest BCUT2D eigenvalue weighted by atomic mass is 32.2. The van der Waals surface area contributed by atoms with Crippen LogP contribution in [0.2, 0.25) is 18.1 Å². The van der Waals surface area contributed by atoms with Gasteiger partial charge in [-0.15, -0.1) is 16.9 Å². The summed E-state index contributed by atoms with van der Waals surface area (Å²) in [6.45, 7) is 12.2. The zero-order valence-electron chi connectivity index (χ0n) is 24.6. The van der Waals surface area contributed by atoms with E-state index in [-0.39, 0.29) is 22.8 Å². The Morgan fingerprint density at radius 1 is 1.17 bits per heavy atom. The van der Waals surface area contributed by atoms with Gasteiger partial charge in [0.05, 0.1) is 12.2 Å². The Labute approximate surface area is 246 Å². The van der Waals surface area contributed by atoms with Crippen molar-refractivity contribution in [3.8, 4) is 5.75 Å². The van der Waals surface area contributed by atoms with E-state index in [2.05, 4.69) is 49.1 Å². The van der Waals surface area contributed by atoms with Gasteiger partial charge in [-0.3, -0.25) is 4.79 Å². The first kappa shape index (κ1) is 29.1. The van der Waals surface area contributed by atoms with Crippen molar-refractivity contribution in [1.29, 1.82) is 0 Å². The SMILES string of the molecule is CSc1ccc(F)cc1[C@H]1CCCN1c1ccc2ncc(C(=O)NCc3cccc(O[Si](C)(C)C(C)(C)C)c3)n2n1. The molecule has 0 spiro atoms. The van der Waals surface area contributed by atoms with Crippen LogP contribution in [0.3, 0.4) is 0 Å². The lowest BCUT2D eigenvalue weighted by molar-refractivity contribution is 0.0944. The Morgan fingerprint density at radius 3 is 2.73 bits per heavy atom. The standard InChI is InChI=1S/C31H38FN5O2SSi/c1-31(2,3)41(5,6)39-23-10-7-9-21(17-23)19-34-30(38)26-20-33-28-14-15-29(35-37(26)28)36-16-8-11-25(36)24-18-22(32)12-13-27(24)40-4/h7,9-10,12-15,17-18,20,25H,8,11,16,19H2,1-6H3,(H,34,38)/t25-/m1/s1. The molecule has 1 aliphatic heterocycles. The molecule has 0 bridgehead atoms. The third-order valence-corrected chi connectivity index (χ3v) is 13.4. The lowest BCUT2D eigenvalue weighted by atomic mass is 10.0. The van der Waals surface area contributed by atoms with E-state index in [0.717, 1.165) is 47.0 Å². The molecule has 1 atom stereocenters. The van der Waals surface area contributed by atoms with Crippen LogP contribution in [0.4, 0.5) is 10.2 Å². The largest absolute Gasteiger partial charge is 0.543 e. The van der Waals surface area contributed by atoms with Gasteiger partial charge in [0.2, 0.25) is 8.32 Å². The van der Waals surface area contributed by atoms with Crippen LogP contribution in [0.1, 0.15) is 61.3 Å². The van der Waals surface area contributed by atoms with Crippen LogP contribution in [-0.4, -0.2) is 41.6 Å². The van der Waals surface area contributed by atoms with Crippen molar-refractivity contribution in [3.05, 3.63) is 83.4 Å². The van der Waals surface area contributed by atoms with Gasteiger partial charge in [-0.25, -0.2) is 13.9 Å². The number of nitrogens with zero attached hydrogens (tertiary/aromatic N) is 4. The smallest absolute Gasteiger partial charge is 0.271 e. The summed E-state index contributed by atoms with van der Waals surface area (Å²) in [5.41, 5.74) is 2.88. The number of hydrogen-bond acceptors (Lipinski definition) is 6. The first-order valence-electron chi connectivity index (χ1n) is 14.0. The number of rotatable bonds is 8. The highest BCUT2D eigenvalue weighted by molar-refractivity contribution is 7.98. The third-order valence-electron chi connectivity index (χ3n) is 8.21. The summed E-state index contributed by atoms with van der Waals surface area (Å²) in [6, 6.07) is 16.7. The minimum absolute atomic E-state index is 0.0136. The number of imidazole rings is 1. The summed E-state index contributed by atoms with van der Waals surface area (Å²) in [7, 11) is -1.97. The fourth-order valence-electron chi connectivity index (χ4n) is 4.94. The average Bonchev–Trinajstić information content (AvgIpc) is 3.58. The molecule has 1 amide bonds. The van der Waals surface area contributed by atoms with Crippen LogP contribution >= 0.6 is 11.8 Å². The van der Waals surface area contributed by atoms with Gasteiger partial charge in [0.15, 0.2) is 11.3 Å². The van der Waals surface area contributed by atoms with Crippen LogP contribution < -0.4 is 14.6 Å². The number of hydrogen-bond donors (Lipinski definition) is 1. The van der Waals surface area contributed by atoms with E-state index < -0.39 is 8.32 Å². The second-order valence-electron chi connectivity index (χ2n) is 12.0. The lowest BCUT2D eigenvalue weighted by Crippen LogP contribution is -2.43. The second kappa shape index (κ2) is 11.5. The van der Waals surface area contributed by atoms with E-state index in [0.29, 0.717) is 17.9 Å². The third kappa shape index (κ3) is 6.13. The van der Waals surface area contributed by atoms with Crippen LogP contribution in [-0.2, 0) is 6.54 Å². The van der Waals surface area contributed by atoms with Gasteiger partial charge in [-0.1, -0.05) is 32.9 Å². The van der Waals surface area contributed by atoms with Gasteiger partial charge >= 0.3 is 0 Å². The molecule has 216 valence electrons. The van der Waals surface area contributed by atoms with Crippen molar-refractivity contribution in [2.45, 2.75) is 69.2 Å². The lowest BCUT2D eigenvalue weighted by Gasteiger charge is -2.36. The molecule has 3 heterocycles. The molecule has 7 nitrogen and oxygen atoms in total. The predicted molar refractivity (Wildman–Crippen MR) is 166 cm³/mol. The number of fused-ring (bicyclic) bond motifs is 1. The maximum atomic E-state index is 14.2. The quantitative estimate of drug-likeness (QED) is 0.172. The van der Waals surface area contributed by atoms with Crippen molar-refractivity contribution in [2.24, 2.45) is 0 Å². The molecule has 0 aliphatic carbocycles. The summed E-state index contributed by atoms with van der Waals surface area (Å²) < 4.78 is 22.2. The molecule has 5 rings (SSSR count). The summed E-state index contributed by atoms with van der Waals surface area (Å²) >= 11 is 1.62. The Morgan fingerprint density at radius 2 is 1.98 bits per heavy atom. The molecule has 1 N–H and O–H groups in total. The summed E-state index contributed by atoms with van der Waals surface area (Å²) in [5, 5.41) is 7.94. The van der Waals surface area contributed by atoms with Crippen molar-refractivity contribution in [2.75, 3.05) is 17.7 Å². The van der Waals surface area contributed by atoms with E-state index in [1.54, 1.807) is 28.5 Å². The molecular formula is C31H38FN5O2SSi. The first-order chi connectivity index (χ1) is 19.5. The van der Waals surface area contributed by atoms with Crippen molar-refractivity contribution < 1.29 is 13.6 Å². The predicted octanol–water partition coefficient (Wildman–Crippen LogP) is 7.25. The number of halogens is 1. The molecule has 41 heavy (non-hydrogen) atoms. The fraction of sp³-hybridized carbons (Fsp3) is 0.387. The van der Waals surface area contributed by atoms with Gasteiger partial charge in [-0.2, -0.15) is 0 Å². The molecular weight excluding hydrogens is 554 g/mol. The van der Waals surface area contributed by atoms with Crippen LogP contribution in [0.25, 0.3) is 5.65 Å². The molecule has 1 fully saturated rings. The first-order valence-corrected chi connectivity index (χ1v) is 18.1. The van der Waals surface area contributed by atoms with Crippen molar-refractivity contribution in [3.63, 3.8) is 0 Å². The van der Waals surface area contributed by atoms with Gasteiger partial charge in [0, 0.05) is 18.0 Å². The van der Waals surface area contributed by atoms with E-state index in [9.17, 15) is 9.18 Å². The average molecular weight is 592 g/mol. The molecule has 0 unspecified atom stereocenters. The molecule has 1 aliphatic rings. The Balaban J connectivity index is 1.34.